The molecule has 0 aromatic heterocycles. The van der Waals surface area contributed by atoms with Gasteiger partial charge in [-0.05, 0) is 48.0 Å². The van der Waals surface area contributed by atoms with Crippen LogP contribution in [0.4, 0.5) is 15.8 Å². The van der Waals surface area contributed by atoms with E-state index in [0.717, 1.165) is 6.07 Å². The Balaban J connectivity index is 1.76. The Labute approximate surface area is 172 Å². The zero-order chi connectivity index (χ0) is 21.7. The maximum absolute atomic E-state index is 13.8. The first-order valence-electron chi connectivity index (χ1n) is 8.80. The van der Waals surface area contributed by atoms with Crippen LogP contribution in [0.2, 0.25) is 0 Å². The van der Waals surface area contributed by atoms with E-state index in [-0.39, 0.29) is 22.6 Å². The van der Waals surface area contributed by atoms with Gasteiger partial charge in [-0.25, -0.2) is 12.8 Å². The molecule has 0 unspecified atom stereocenters. The first-order valence-corrected chi connectivity index (χ1v) is 10.3. The lowest BCUT2D eigenvalue weighted by atomic mass is 10.1. The third kappa shape index (κ3) is 5.21. The topological polar surface area (TPSA) is 118 Å². The van der Waals surface area contributed by atoms with Gasteiger partial charge in [-0.3, -0.25) is 14.3 Å². The van der Waals surface area contributed by atoms with Gasteiger partial charge in [-0.2, -0.15) is 0 Å². The summed E-state index contributed by atoms with van der Waals surface area (Å²) in [6.07, 6.45) is 0.0864. The van der Waals surface area contributed by atoms with E-state index in [1.165, 1.54) is 42.5 Å². The minimum absolute atomic E-state index is 0.0864. The Morgan fingerprint density at radius 2 is 1.63 bits per heavy atom. The highest BCUT2D eigenvalue weighted by Gasteiger charge is 2.18. The minimum Gasteiger partial charge on any atom is -0.369 e. The Morgan fingerprint density at radius 1 is 0.933 bits per heavy atom. The number of anilines is 2. The highest BCUT2D eigenvalue weighted by atomic mass is 32.2. The molecule has 0 saturated carbocycles. The van der Waals surface area contributed by atoms with E-state index in [4.69, 9.17) is 5.73 Å². The average molecular weight is 427 g/mol. The molecule has 0 fully saturated rings. The van der Waals surface area contributed by atoms with E-state index in [9.17, 15) is 22.4 Å². The Kier molecular flexibility index (Phi) is 6.12. The molecular weight excluding hydrogens is 409 g/mol. The second-order valence-corrected chi connectivity index (χ2v) is 8.09. The van der Waals surface area contributed by atoms with Crippen molar-refractivity contribution in [1.29, 1.82) is 0 Å². The van der Waals surface area contributed by atoms with Crippen molar-refractivity contribution in [2.24, 2.45) is 5.73 Å². The smallest absolute Gasteiger partial charge is 0.262 e. The summed E-state index contributed by atoms with van der Waals surface area (Å²) in [6.45, 7) is 0. The summed E-state index contributed by atoms with van der Waals surface area (Å²) in [5.74, 6) is -1.70. The molecule has 3 aromatic rings. The molecule has 0 bridgehead atoms. The number of para-hydroxylation sites is 1. The van der Waals surface area contributed by atoms with E-state index in [1.54, 1.807) is 24.3 Å². The lowest BCUT2D eigenvalue weighted by molar-refractivity contribution is -0.117. The fourth-order valence-corrected chi connectivity index (χ4v) is 3.78. The Hall–Kier alpha value is -3.72. The fraction of sp³-hybridized carbons (Fsp3) is 0.0476. The maximum Gasteiger partial charge on any atom is 0.262 e. The minimum atomic E-state index is -4.10. The number of hydrogen-bond acceptors (Lipinski definition) is 4. The Bertz CT molecular complexity index is 1190. The molecule has 0 heterocycles. The molecule has 0 radical (unpaired) electrons. The van der Waals surface area contributed by atoms with Crippen molar-refractivity contribution < 1.29 is 22.4 Å². The molecule has 0 aliphatic rings. The van der Waals surface area contributed by atoms with Crippen molar-refractivity contribution in [3.05, 3.63) is 89.7 Å². The van der Waals surface area contributed by atoms with Gasteiger partial charge in [0.15, 0.2) is 0 Å². The van der Waals surface area contributed by atoms with E-state index < -0.39 is 27.7 Å². The third-order valence-corrected chi connectivity index (χ3v) is 5.48. The zero-order valence-electron chi connectivity index (χ0n) is 15.6. The lowest BCUT2D eigenvalue weighted by Gasteiger charge is -2.10. The van der Waals surface area contributed by atoms with Gasteiger partial charge >= 0.3 is 0 Å². The quantitative estimate of drug-likeness (QED) is 0.537. The summed E-state index contributed by atoms with van der Waals surface area (Å²) in [6, 6.07) is 17.3. The second-order valence-electron chi connectivity index (χ2n) is 6.41. The summed E-state index contributed by atoms with van der Waals surface area (Å²) < 4.78 is 41.1. The zero-order valence-corrected chi connectivity index (χ0v) is 16.4. The largest absolute Gasteiger partial charge is 0.369 e. The van der Waals surface area contributed by atoms with Crippen LogP contribution in [0.15, 0.2) is 77.7 Å². The van der Waals surface area contributed by atoms with Gasteiger partial charge in [0.25, 0.3) is 15.9 Å². The number of carbonyl (C=O) groups excluding carboxylic acids is 2. The summed E-state index contributed by atoms with van der Waals surface area (Å²) in [7, 11) is -4.10. The molecule has 154 valence electrons. The van der Waals surface area contributed by atoms with Gasteiger partial charge in [0, 0.05) is 11.3 Å². The van der Waals surface area contributed by atoms with Crippen molar-refractivity contribution >= 4 is 33.2 Å². The number of hydrogen-bond donors (Lipinski definition) is 3. The van der Waals surface area contributed by atoms with Crippen LogP contribution in [-0.2, 0) is 21.2 Å². The molecule has 0 aliphatic heterocycles. The molecule has 3 rings (SSSR count). The monoisotopic (exact) mass is 427 g/mol. The first kappa shape index (κ1) is 21.0. The summed E-state index contributed by atoms with van der Waals surface area (Å²) in [5.41, 5.74) is 6.22. The van der Waals surface area contributed by atoms with Gasteiger partial charge in [0.2, 0.25) is 5.91 Å². The van der Waals surface area contributed by atoms with Crippen LogP contribution < -0.4 is 15.8 Å². The average Bonchev–Trinajstić information content (AvgIpc) is 2.71. The van der Waals surface area contributed by atoms with Crippen LogP contribution >= 0.6 is 0 Å². The summed E-state index contributed by atoms with van der Waals surface area (Å²) >= 11 is 0. The van der Waals surface area contributed by atoms with Crippen molar-refractivity contribution in [2.75, 3.05) is 10.0 Å². The van der Waals surface area contributed by atoms with E-state index in [1.807, 2.05) is 0 Å². The number of primary amides is 1. The number of carbonyl (C=O) groups is 2. The van der Waals surface area contributed by atoms with Crippen LogP contribution in [-0.4, -0.2) is 20.2 Å². The third-order valence-electron chi connectivity index (χ3n) is 4.11. The van der Waals surface area contributed by atoms with Crippen LogP contribution in [0.3, 0.4) is 0 Å². The molecule has 0 saturated heterocycles. The molecule has 7 nitrogen and oxygen atoms in total. The van der Waals surface area contributed by atoms with Crippen molar-refractivity contribution in [3.8, 4) is 0 Å². The number of rotatable bonds is 7. The number of benzene rings is 3. The molecule has 9 heteroatoms. The Morgan fingerprint density at radius 3 is 2.30 bits per heavy atom. The number of sulfonamides is 1. The standard InChI is InChI=1S/C21H18FN3O4S/c22-18-6-1-2-7-19(18)25-30(28,29)17-5-3-4-15(13-17)21(27)24-16-10-8-14(9-11-16)12-20(23)26/h1-11,13,25H,12H2,(H2,23,26)(H,24,27). The number of nitrogens with two attached hydrogens (primary N) is 1. The summed E-state index contributed by atoms with van der Waals surface area (Å²) in [5, 5.41) is 2.65. The van der Waals surface area contributed by atoms with E-state index >= 15 is 0 Å². The molecule has 30 heavy (non-hydrogen) atoms. The van der Waals surface area contributed by atoms with Gasteiger partial charge in [-0.15, -0.1) is 0 Å². The fourth-order valence-electron chi connectivity index (χ4n) is 2.66. The first-order chi connectivity index (χ1) is 14.2. The molecule has 2 amide bonds. The highest BCUT2D eigenvalue weighted by Crippen LogP contribution is 2.20. The molecule has 0 spiro atoms. The number of amides is 2. The molecule has 0 aliphatic carbocycles. The SMILES string of the molecule is NC(=O)Cc1ccc(NC(=O)c2cccc(S(=O)(=O)Nc3ccccc3F)c2)cc1. The van der Waals surface area contributed by atoms with Gasteiger partial charge in [-0.1, -0.05) is 30.3 Å². The normalized spacial score (nSPS) is 11.0. The van der Waals surface area contributed by atoms with E-state index in [2.05, 4.69) is 10.0 Å². The summed E-state index contributed by atoms with van der Waals surface area (Å²) in [4.78, 5) is 23.3. The van der Waals surface area contributed by atoms with Crippen LogP contribution in [0, 0.1) is 5.82 Å². The predicted molar refractivity (Wildman–Crippen MR) is 111 cm³/mol. The lowest BCUT2D eigenvalue weighted by Crippen LogP contribution is -2.16. The molecular formula is C21H18FN3O4S. The van der Waals surface area contributed by atoms with Crippen molar-refractivity contribution in [3.63, 3.8) is 0 Å². The number of nitrogens with one attached hydrogen (secondary N) is 2. The highest BCUT2D eigenvalue weighted by molar-refractivity contribution is 7.92. The molecule has 4 N–H and O–H groups in total. The van der Waals surface area contributed by atoms with Crippen LogP contribution in [0.5, 0.6) is 0 Å². The molecule has 3 aromatic carbocycles. The van der Waals surface area contributed by atoms with E-state index in [0.29, 0.717) is 11.3 Å². The van der Waals surface area contributed by atoms with Crippen LogP contribution in [0.1, 0.15) is 15.9 Å². The number of halogens is 1. The van der Waals surface area contributed by atoms with Gasteiger partial charge in [0.1, 0.15) is 5.82 Å². The maximum atomic E-state index is 13.8. The van der Waals surface area contributed by atoms with Crippen molar-refractivity contribution in [2.45, 2.75) is 11.3 Å². The van der Waals surface area contributed by atoms with Gasteiger partial charge < -0.3 is 11.1 Å². The van der Waals surface area contributed by atoms with Crippen molar-refractivity contribution in [1.82, 2.24) is 0 Å². The van der Waals surface area contributed by atoms with Crippen LogP contribution in [0.25, 0.3) is 0 Å². The second kappa shape index (κ2) is 8.75. The van der Waals surface area contributed by atoms with Gasteiger partial charge in [0.05, 0.1) is 17.0 Å². The predicted octanol–water partition coefficient (Wildman–Crippen LogP) is 2.91. The molecule has 0 atom stereocenters.